The van der Waals surface area contributed by atoms with Crippen LogP contribution in [-0.4, -0.2) is 33.8 Å². The number of carbonyl (C=O) groups excluding carboxylic acids is 2. The van der Waals surface area contributed by atoms with Crippen LogP contribution in [0.15, 0.2) is 54.7 Å². The summed E-state index contributed by atoms with van der Waals surface area (Å²) >= 11 is 0. The van der Waals surface area contributed by atoms with Crippen LogP contribution < -0.4 is 10.6 Å². The number of nitrogens with one attached hydrogen (secondary N) is 2. The number of benzene rings is 1. The average Bonchev–Trinajstić information content (AvgIpc) is 3.05. The number of carbonyl (C=O) groups is 2. The van der Waals surface area contributed by atoms with Crippen LogP contribution in [0.3, 0.4) is 0 Å². The molecule has 0 aliphatic carbocycles. The fourth-order valence-electron chi connectivity index (χ4n) is 2.91. The third-order valence-electron chi connectivity index (χ3n) is 4.16. The molecule has 0 fully saturated rings. The summed E-state index contributed by atoms with van der Waals surface area (Å²) in [7, 11) is 0. The lowest BCUT2D eigenvalue weighted by molar-refractivity contribution is 0.0940. The maximum atomic E-state index is 12.6. The van der Waals surface area contributed by atoms with Crippen LogP contribution in [0.25, 0.3) is 5.52 Å². The summed E-state index contributed by atoms with van der Waals surface area (Å²) in [6, 6.07) is 15.6. The van der Waals surface area contributed by atoms with Gasteiger partial charge in [-0.05, 0) is 44.4 Å². The number of aromatic nitrogens is 2. The molecule has 6 heteroatoms. The van der Waals surface area contributed by atoms with Crippen molar-refractivity contribution in [3.8, 4) is 0 Å². The van der Waals surface area contributed by atoms with Crippen molar-refractivity contribution in [1.29, 1.82) is 0 Å². The molecular weight excluding hydrogens is 340 g/mol. The molecule has 1 aromatic carbocycles. The summed E-state index contributed by atoms with van der Waals surface area (Å²) in [5.74, 6) is -0.344. The van der Waals surface area contributed by atoms with Crippen molar-refractivity contribution in [3.05, 3.63) is 71.8 Å². The highest BCUT2D eigenvalue weighted by atomic mass is 16.2. The van der Waals surface area contributed by atoms with Gasteiger partial charge in [0.05, 0.1) is 5.52 Å². The lowest BCUT2D eigenvalue weighted by Gasteiger charge is -2.06. The summed E-state index contributed by atoms with van der Waals surface area (Å²) in [4.78, 5) is 29.3. The van der Waals surface area contributed by atoms with Gasteiger partial charge < -0.3 is 10.6 Å². The predicted octanol–water partition coefficient (Wildman–Crippen LogP) is 2.84. The van der Waals surface area contributed by atoms with E-state index in [1.807, 2.05) is 44.2 Å². The van der Waals surface area contributed by atoms with Crippen LogP contribution in [0.2, 0.25) is 0 Å². The Bertz CT molecular complexity index is 932. The van der Waals surface area contributed by atoms with Gasteiger partial charge in [-0.15, -0.1) is 0 Å². The molecule has 3 aromatic rings. The maximum Gasteiger partial charge on any atom is 0.287 e. The van der Waals surface area contributed by atoms with Gasteiger partial charge in [0.15, 0.2) is 5.69 Å². The van der Waals surface area contributed by atoms with Gasteiger partial charge in [-0.2, -0.15) is 0 Å². The van der Waals surface area contributed by atoms with Gasteiger partial charge >= 0.3 is 0 Å². The molecule has 3 rings (SSSR count). The largest absolute Gasteiger partial charge is 0.349 e. The van der Waals surface area contributed by atoms with Crippen molar-refractivity contribution in [2.45, 2.75) is 32.7 Å². The van der Waals surface area contributed by atoms with Gasteiger partial charge in [0.2, 0.25) is 5.82 Å². The van der Waals surface area contributed by atoms with Gasteiger partial charge in [0, 0.05) is 18.8 Å². The van der Waals surface area contributed by atoms with E-state index in [2.05, 4.69) is 27.8 Å². The monoisotopic (exact) mass is 364 g/mol. The minimum atomic E-state index is -0.284. The van der Waals surface area contributed by atoms with Crippen LogP contribution in [-0.2, 0) is 6.42 Å². The lowest BCUT2D eigenvalue weighted by Crippen LogP contribution is -2.30. The smallest absolute Gasteiger partial charge is 0.287 e. The Morgan fingerprint density at radius 3 is 2.52 bits per heavy atom. The van der Waals surface area contributed by atoms with E-state index in [1.54, 1.807) is 16.7 Å². The topological polar surface area (TPSA) is 75.5 Å². The molecule has 0 bridgehead atoms. The molecule has 0 saturated carbocycles. The van der Waals surface area contributed by atoms with E-state index in [0.29, 0.717) is 12.1 Å². The van der Waals surface area contributed by atoms with E-state index >= 15 is 0 Å². The molecule has 0 unspecified atom stereocenters. The number of fused-ring (bicyclic) bond motifs is 1. The molecule has 0 atom stereocenters. The number of rotatable bonds is 7. The number of aryl methyl sites for hydroxylation is 1. The number of nitrogens with zero attached hydrogens (tertiary/aromatic N) is 2. The van der Waals surface area contributed by atoms with Crippen LogP contribution in [0.1, 0.15) is 46.9 Å². The predicted molar refractivity (Wildman–Crippen MR) is 105 cm³/mol. The Morgan fingerprint density at radius 2 is 1.78 bits per heavy atom. The fourth-order valence-corrected chi connectivity index (χ4v) is 2.91. The minimum absolute atomic E-state index is 0.00627. The molecule has 0 aliphatic heterocycles. The second kappa shape index (κ2) is 8.49. The number of hydrogen-bond acceptors (Lipinski definition) is 3. The summed E-state index contributed by atoms with van der Waals surface area (Å²) in [6.45, 7) is 4.32. The van der Waals surface area contributed by atoms with Crippen molar-refractivity contribution in [2.75, 3.05) is 6.54 Å². The molecule has 2 amide bonds. The van der Waals surface area contributed by atoms with Crippen LogP contribution >= 0.6 is 0 Å². The summed E-state index contributed by atoms with van der Waals surface area (Å²) in [6.07, 6.45) is 3.47. The van der Waals surface area contributed by atoms with E-state index in [4.69, 9.17) is 0 Å². The fraction of sp³-hybridized carbons (Fsp3) is 0.286. The molecule has 2 heterocycles. The normalized spacial score (nSPS) is 10.9. The van der Waals surface area contributed by atoms with Crippen LogP contribution in [0.4, 0.5) is 0 Å². The van der Waals surface area contributed by atoms with Crippen molar-refractivity contribution in [3.63, 3.8) is 0 Å². The summed E-state index contributed by atoms with van der Waals surface area (Å²) in [5.41, 5.74) is 2.12. The van der Waals surface area contributed by atoms with E-state index in [1.165, 1.54) is 5.56 Å². The first kappa shape index (κ1) is 18.6. The standard InChI is InChI=1S/C21H24N4O2/c1-15(2)23-20(26)18-17-12-6-7-14-25(17)19(24-18)21(27)22-13-8-11-16-9-4-3-5-10-16/h3-7,9-10,12,14-15H,8,11,13H2,1-2H3,(H,22,27)(H,23,26). The second-order valence-electron chi connectivity index (χ2n) is 6.71. The number of imidazole rings is 1. The van der Waals surface area contributed by atoms with Gasteiger partial charge in [-0.25, -0.2) is 4.98 Å². The molecule has 0 radical (unpaired) electrons. The summed E-state index contributed by atoms with van der Waals surface area (Å²) < 4.78 is 1.65. The molecule has 6 nitrogen and oxygen atoms in total. The Hall–Kier alpha value is -3.15. The quantitative estimate of drug-likeness (QED) is 0.633. The SMILES string of the molecule is CC(C)NC(=O)c1nc(C(=O)NCCCc2ccccc2)n2ccccc12. The molecule has 0 saturated heterocycles. The van der Waals surface area contributed by atoms with Gasteiger partial charge in [0.25, 0.3) is 11.8 Å². The van der Waals surface area contributed by atoms with Gasteiger partial charge in [0.1, 0.15) is 0 Å². The van der Waals surface area contributed by atoms with Gasteiger partial charge in [-0.1, -0.05) is 36.4 Å². The molecule has 27 heavy (non-hydrogen) atoms. The Morgan fingerprint density at radius 1 is 1.04 bits per heavy atom. The first-order chi connectivity index (χ1) is 13.1. The molecule has 0 spiro atoms. The minimum Gasteiger partial charge on any atom is -0.349 e. The van der Waals surface area contributed by atoms with Crippen LogP contribution in [0.5, 0.6) is 0 Å². The summed E-state index contributed by atoms with van der Waals surface area (Å²) in [5, 5.41) is 5.73. The van der Waals surface area contributed by atoms with Crippen molar-refractivity contribution in [1.82, 2.24) is 20.0 Å². The van der Waals surface area contributed by atoms with E-state index < -0.39 is 0 Å². The van der Waals surface area contributed by atoms with E-state index in [0.717, 1.165) is 12.8 Å². The average molecular weight is 364 g/mol. The second-order valence-corrected chi connectivity index (χ2v) is 6.71. The Balaban J connectivity index is 1.70. The van der Waals surface area contributed by atoms with Crippen molar-refractivity contribution in [2.24, 2.45) is 0 Å². The highest BCUT2D eigenvalue weighted by molar-refractivity contribution is 6.02. The molecule has 0 aliphatic rings. The number of hydrogen-bond donors (Lipinski definition) is 2. The van der Waals surface area contributed by atoms with E-state index in [9.17, 15) is 9.59 Å². The third kappa shape index (κ3) is 4.53. The molecule has 140 valence electrons. The zero-order chi connectivity index (χ0) is 19.2. The zero-order valence-electron chi connectivity index (χ0n) is 15.6. The maximum absolute atomic E-state index is 12.6. The molecule has 2 N–H and O–H groups in total. The highest BCUT2D eigenvalue weighted by Gasteiger charge is 2.21. The van der Waals surface area contributed by atoms with Crippen molar-refractivity contribution < 1.29 is 9.59 Å². The first-order valence-corrected chi connectivity index (χ1v) is 9.16. The number of pyridine rings is 1. The van der Waals surface area contributed by atoms with Crippen molar-refractivity contribution >= 4 is 17.3 Å². The van der Waals surface area contributed by atoms with Gasteiger partial charge in [-0.3, -0.25) is 14.0 Å². The van der Waals surface area contributed by atoms with E-state index in [-0.39, 0.29) is 29.4 Å². The highest BCUT2D eigenvalue weighted by Crippen LogP contribution is 2.13. The third-order valence-corrected chi connectivity index (χ3v) is 4.16. The Labute approximate surface area is 158 Å². The zero-order valence-corrected chi connectivity index (χ0v) is 15.6. The Kier molecular flexibility index (Phi) is 5.86. The molecule has 2 aromatic heterocycles. The lowest BCUT2D eigenvalue weighted by atomic mass is 10.1. The number of amides is 2. The molecular formula is C21H24N4O2. The van der Waals surface area contributed by atoms with Crippen LogP contribution in [0, 0.1) is 0 Å². The first-order valence-electron chi connectivity index (χ1n) is 9.16.